The van der Waals surface area contributed by atoms with Crippen LogP contribution in [-0.2, 0) is 4.79 Å². The summed E-state index contributed by atoms with van der Waals surface area (Å²) < 4.78 is 34.6. The van der Waals surface area contributed by atoms with Crippen LogP contribution in [0.25, 0.3) is 0 Å². The van der Waals surface area contributed by atoms with E-state index in [0.717, 1.165) is 6.92 Å². The Hall–Kier alpha value is -0.780. The first kappa shape index (κ1) is 10.2. The van der Waals surface area contributed by atoms with E-state index in [0.29, 0.717) is 0 Å². The number of aliphatic hydroxyl groups excluding tert-OH is 1. The molecule has 66 valence electrons. The molecule has 0 aromatic heterocycles. The first-order valence-electron chi connectivity index (χ1n) is 2.74. The maximum atomic E-state index is 11.5. The molecule has 0 heterocycles. The van der Waals surface area contributed by atoms with Crippen molar-refractivity contribution in [2.45, 2.75) is 19.2 Å². The van der Waals surface area contributed by atoms with Gasteiger partial charge in [0.05, 0.1) is 5.92 Å². The third-order valence-electron chi connectivity index (χ3n) is 1.20. The second-order valence-corrected chi connectivity index (χ2v) is 2.11. The van der Waals surface area contributed by atoms with E-state index in [1.807, 2.05) is 0 Å². The van der Waals surface area contributed by atoms with E-state index in [-0.39, 0.29) is 0 Å². The average molecular weight is 172 g/mol. The molecule has 0 aromatic rings. The zero-order valence-electron chi connectivity index (χ0n) is 5.59. The van der Waals surface area contributed by atoms with Crippen molar-refractivity contribution in [3.63, 3.8) is 0 Å². The van der Waals surface area contributed by atoms with Gasteiger partial charge >= 0.3 is 12.1 Å². The van der Waals surface area contributed by atoms with Crippen LogP contribution in [0.1, 0.15) is 6.92 Å². The van der Waals surface area contributed by atoms with Gasteiger partial charge < -0.3 is 10.2 Å². The fourth-order valence-electron chi connectivity index (χ4n) is 0.419. The summed E-state index contributed by atoms with van der Waals surface area (Å²) in [6, 6.07) is 0. The predicted octanol–water partition coefficient (Wildman–Crippen LogP) is 0.630. The molecule has 11 heavy (non-hydrogen) atoms. The van der Waals surface area contributed by atoms with E-state index in [1.165, 1.54) is 0 Å². The summed E-state index contributed by atoms with van der Waals surface area (Å²) in [5, 5.41) is 16.4. The van der Waals surface area contributed by atoms with Gasteiger partial charge in [-0.2, -0.15) is 13.2 Å². The lowest BCUT2D eigenvalue weighted by atomic mass is 10.1. The Bertz CT molecular complexity index is 154. The molecule has 0 aliphatic rings. The van der Waals surface area contributed by atoms with Gasteiger partial charge in [0.25, 0.3) is 0 Å². The molecular weight excluding hydrogens is 165 g/mol. The van der Waals surface area contributed by atoms with Gasteiger partial charge in [-0.3, -0.25) is 4.79 Å². The minimum Gasteiger partial charge on any atom is -0.481 e. The van der Waals surface area contributed by atoms with Crippen LogP contribution >= 0.6 is 0 Å². The highest BCUT2D eigenvalue weighted by molar-refractivity contribution is 5.70. The molecule has 3 nitrogen and oxygen atoms in total. The van der Waals surface area contributed by atoms with E-state index in [1.54, 1.807) is 0 Å². The van der Waals surface area contributed by atoms with Crippen molar-refractivity contribution in [3.05, 3.63) is 0 Å². The van der Waals surface area contributed by atoms with E-state index in [4.69, 9.17) is 10.2 Å². The summed E-state index contributed by atoms with van der Waals surface area (Å²) >= 11 is 0. The third kappa shape index (κ3) is 2.75. The minimum absolute atomic E-state index is 0.792. The Labute approximate surface area is 60.4 Å². The van der Waals surface area contributed by atoms with Gasteiger partial charge in [-0.1, -0.05) is 0 Å². The Kier molecular flexibility index (Phi) is 2.86. The normalized spacial score (nSPS) is 17.5. The Balaban J connectivity index is 4.25. The standard InChI is InChI=1S/C5H7F3O3/c1-2(4(10)11)3(9)5(6,7)8/h2-3,9H,1H3,(H,10,11)/t2-,3-/m1/s1. The van der Waals surface area contributed by atoms with Gasteiger partial charge in [0.1, 0.15) is 0 Å². The van der Waals surface area contributed by atoms with Gasteiger partial charge in [-0.25, -0.2) is 0 Å². The van der Waals surface area contributed by atoms with Crippen LogP contribution in [0.4, 0.5) is 13.2 Å². The summed E-state index contributed by atoms with van der Waals surface area (Å²) in [5.41, 5.74) is 0. The van der Waals surface area contributed by atoms with Gasteiger partial charge in [0.15, 0.2) is 6.10 Å². The van der Waals surface area contributed by atoms with E-state index in [2.05, 4.69) is 0 Å². The van der Waals surface area contributed by atoms with Gasteiger partial charge in [0.2, 0.25) is 0 Å². The number of carboxylic acid groups (broad SMARTS) is 1. The lowest BCUT2D eigenvalue weighted by Gasteiger charge is -2.17. The number of hydrogen-bond donors (Lipinski definition) is 2. The highest BCUT2D eigenvalue weighted by atomic mass is 19.4. The van der Waals surface area contributed by atoms with E-state index >= 15 is 0 Å². The second-order valence-electron chi connectivity index (χ2n) is 2.11. The maximum Gasteiger partial charge on any atom is 0.415 e. The Morgan fingerprint density at radius 1 is 1.45 bits per heavy atom. The SMILES string of the molecule is C[C@@H](C(=O)O)[C@@H](O)C(F)(F)F. The molecule has 0 bridgehead atoms. The Morgan fingerprint density at radius 2 is 1.82 bits per heavy atom. The predicted molar refractivity (Wildman–Crippen MR) is 28.9 cm³/mol. The zero-order valence-corrected chi connectivity index (χ0v) is 5.59. The molecule has 0 aromatic carbocycles. The molecule has 0 aliphatic carbocycles. The Morgan fingerprint density at radius 3 is 1.91 bits per heavy atom. The highest BCUT2D eigenvalue weighted by Gasteiger charge is 2.44. The first-order valence-corrected chi connectivity index (χ1v) is 2.74. The van der Waals surface area contributed by atoms with Crippen molar-refractivity contribution in [1.82, 2.24) is 0 Å². The maximum absolute atomic E-state index is 11.5. The smallest absolute Gasteiger partial charge is 0.415 e. The molecule has 0 fully saturated rings. The summed E-state index contributed by atoms with van der Waals surface area (Å²) in [6.45, 7) is 0.792. The summed E-state index contributed by atoms with van der Waals surface area (Å²) in [5.74, 6) is -3.50. The number of carbonyl (C=O) groups is 1. The fourth-order valence-corrected chi connectivity index (χ4v) is 0.419. The lowest BCUT2D eigenvalue weighted by Crippen LogP contribution is -2.38. The lowest BCUT2D eigenvalue weighted by molar-refractivity contribution is -0.221. The van der Waals surface area contributed by atoms with Crippen LogP contribution in [0.2, 0.25) is 0 Å². The zero-order chi connectivity index (χ0) is 9.23. The van der Waals surface area contributed by atoms with Crippen molar-refractivity contribution in [2.24, 2.45) is 5.92 Å². The molecular formula is C5H7F3O3. The van der Waals surface area contributed by atoms with Crippen LogP contribution in [-0.4, -0.2) is 28.5 Å². The van der Waals surface area contributed by atoms with E-state index < -0.39 is 24.2 Å². The quantitative estimate of drug-likeness (QED) is 0.642. The van der Waals surface area contributed by atoms with Crippen LogP contribution in [0.5, 0.6) is 0 Å². The molecule has 6 heteroatoms. The summed E-state index contributed by atoms with van der Waals surface area (Å²) in [7, 11) is 0. The second kappa shape index (κ2) is 3.08. The number of rotatable bonds is 2. The van der Waals surface area contributed by atoms with E-state index in [9.17, 15) is 18.0 Å². The topological polar surface area (TPSA) is 57.5 Å². The minimum atomic E-state index is -4.86. The molecule has 0 unspecified atom stereocenters. The number of aliphatic hydroxyl groups is 1. The first-order chi connectivity index (χ1) is 4.76. The molecule has 0 rings (SSSR count). The number of halogens is 3. The number of hydrogen-bond acceptors (Lipinski definition) is 2. The van der Waals surface area contributed by atoms with Crippen LogP contribution in [0.3, 0.4) is 0 Å². The van der Waals surface area contributed by atoms with Gasteiger partial charge in [0, 0.05) is 0 Å². The summed E-state index contributed by atoms with van der Waals surface area (Å²) in [4.78, 5) is 9.93. The van der Waals surface area contributed by atoms with Gasteiger partial charge in [-0.05, 0) is 6.92 Å². The molecule has 0 amide bonds. The number of carboxylic acids is 1. The van der Waals surface area contributed by atoms with Crippen molar-refractivity contribution < 1.29 is 28.2 Å². The molecule has 0 saturated carbocycles. The summed E-state index contributed by atoms with van der Waals surface area (Å²) in [6.07, 6.45) is -7.65. The van der Waals surface area contributed by atoms with Crippen molar-refractivity contribution in [3.8, 4) is 0 Å². The van der Waals surface area contributed by atoms with Gasteiger partial charge in [-0.15, -0.1) is 0 Å². The molecule has 0 spiro atoms. The van der Waals surface area contributed by atoms with Crippen molar-refractivity contribution in [2.75, 3.05) is 0 Å². The fraction of sp³-hybridized carbons (Fsp3) is 0.800. The monoisotopic (exact) mass is 172 g/mol. The third-order valence-corrected chi connectivity index (χ3v) is 1.20. The number of aliphatic carboxylic acids is 1. The molecule has 0 saturated heterocycles. The van der Waals surface area contributed by atoms with Crippen LogP contribution in [0, 0.1) is 5.92 Å². The highest BCUT2D eigenvalue weighted by Crippen LogP contribution is 2.25. The van der Waals surface area contributed by atoms with Crippen LogP contribution < -0.4 is 0 Å². The largest absolute Gasteiger partial charge is 0.481 e. The number of alkyl halides is 3. The average Bonchev–Trinajstić information content (AvgIpc) is 1.82. The molecule has 0 aliphatic heterocycles. The van der Waals surface area contributed by atoms with Crippen molar-refractivity contribution in [1.29, 1.82) is 0 Å². The van der Waals surface area contributed by atoms with Crippen LogP contribution in [0.15, 0.2) is 0 Å². The van der Waals surface area contributed by atoms with Crippen molar-refractivity contribution >= 4 is 5.97 Å². The molecule has 2 atom stereocenters. The molecule has 2 N–H and O–H groups in total. The molecule has 0 radical (unpaired) electrons.